The Morgan fingerprint density at radius 2 is 1.92 bits per heavy atom. The summed E-state index contributed by atoms with van der Waals surface area (Å²) in [6.07, 6.45) is 2.12. The van der Waals surface area contributed by atoms with Crippen LogP contribution in [0.1, 0.15) is 49.8 Å². The molecule has 2 N–H and O–H groups in total. The number of nitrogens with zero attached hydrogens (tertiary/aromatic N) is 2. The first-order chi connectivity index (χ1) is 12.0. The molecular formula is C19H26N4O2. The number of rotatable bonds is 8. The van der Waals surface area contributed by atoms with Gasteiger partial charge in [-0.15, -0.1) is 0 Å². The topological polar surface area (TPSA) is 76.1 Å². The van der Waals surface area contributed by atoms with Gasteiger partial charge in [-0.3, -0.25) is 4.79 Å². The van der Waals surface area contributed by atoms with Crippen LogP contribution in [-0.4, -0.2) is 28.5 Å². The molecule has 0 fully saturated rings. The average Bonchev–Trinajstić information content (AvgIpc) is 2.56. The molecule has 25 heavy (non-hydrogen) atoms. The number of carbonyl (C=O) groups excluding carboxylic acids is 1. The third-order valence-electron chi connectivity index (χ3n) is 3.38. The first-order valence-electron chi connectivity index (χ1n) is 8.65. The van der Waals surface area contributed by atoms with E-state index in [9.17, 15) is 4.79 Å². The molecule has 1 aromatic carbocycles. The summed E-state index contributed by atoms with van der Waals surface area (Å²) in [4.78, 5) is 20.8. The van der Waals surface area contributed by atoms with Crippen LogP contribution < -0.4 is 15.4 Å². The van der Waals surface area contributed by atoms with Gasteiger partial charge in [-0.25, -0.2) is 9.97 Å². The Balaban J connectivity index is 2.07. The van der Waals surface area contributed by atoms with Crippen LogP contribution in [0.2, 0.25) is 0 Å². The summed E-state index contributed by atoms with van der Waals surface area (Å²) in [5.41, 5.74) is 1.93. The molecule has 0 atom stereocenters. The van der Waals surface area contributed by atoms with E-state index in [0.29, 0.717) is 18.2 Å². The Morgan fingerprint density at radius 3 is 2.56 bits per heavy atom. The maximum Gasteiger partial charge on any atom is 0.270 e. The van der Waals surface area contributed by atoms with Gasteiger partial charge in [-0.05, 0) is 57.5 Å². The molecule has 0 unspecified atom stereocenters. The normalized spacial score (nSPS) is 10.6. The summed E-state index contributed by atoms with van der Waals surface area (Å²) in [5, 5.41) is 6.00. The first kappa shape index (κ1) is 18.7. The van der Waals surface area contributed by atoms with Gasteiger partial charge in [-0.1, -0.05) is 13.3 Å². The van der Waals surface area contributed by atoms with Gasteiger partial charge < -0.3 is 15.4 Å². The van der Waals surface area contributed by atoms with Crippen LogP contribution in [-0.2, 0) is 0 Å². The molecule has 0 saturated carbocycles. The lowest BCUT2D eigenvalue weighted by atomic mass is 10.3. The van der Waals surface area contributed by atoms with Crippen molar-refractivity contribution < 1.29 is 9.53 Å². The molecule has 6 heteroatoms. The zero-order valence-electron chi connectivity index (χ0n) is 15.3. The predicted molar refractivity (Wildman–Crippen MR) is 99.5 cm³/mol. The van der Waals surface area contributed by atoms with E-state index < -0.39 is 0 Å². The fraction of sp³-hybridized carbons (Fsp3) is 0.421. The van der Waals surface area contributed by atoms with E-state index in [1.165, 1.54) is 0 Å². The Bertz CT molecular complexity index is 699. The smallest absolute Gasteiger partial charge is 0.270 e. The van der Waals surface area contributed by atoms with E-state index in [-0.39, 0.29) is 12.0 Å². The molecule has 0 aliphatic heterocycles. The van der Waals surface area contributed by atoms with Crippen molar-refractivity contribution in [3.05, 3.63) is 41.7 Å². The molecule has 0 spiro atoms. The van der Waals surface area contributed by atoms with Crippen molar-refractivity contribution in [2.75, 3.05) is 11.9 Å². The van der Waals surface area contributed by atoms with Crippen LogP contribution >= 0.6 is 0 Å². The van der Waals surface area contributed by atoms with Gasteiger partial charge in [0, 0.05) is 17.9 Å². The standard InChI is InChI=1S/C19H26N4O2/c1-5-6-11-20-18(24)17-12-14(4)21-19(23-17)22-15-7-9-16(10-8-15)25-13(2)3/h7-10,12-13H,5-6,11H2,1-4H3,(H,20,24)(H,21,22,23). The Hall–Kier alpha value is -2.63. The first-order valence-corrected chi connectivity index (χ1v) is 8.65. The predicted octanol–water partition coefficient (Wildman–Crippen LogP) is 3.85. The van der Waals surface area contributed by atoms with Gasteiger partial charge in [-0.2, -0.15) is 0 Å². The summed E-state index contributed by atoms with van der Waals surface area (Å²) >= 11 is 0. The summed E-state index contributed by atoms with van der Waals surface area (Å²) in [7, 11) is 0. The third kappa shape index (κ3) is 6.06. The monoisotopic (exact) mass is 342 g/mol. The molecule has 1 aromatic heterocycles. The van der Waals surface area contributed by atoms with Crippen molar-refractivity contribution in [2.24, 2.45) is 0 Å². The molecule has 2 rings (SSSR count). The second kappa shape index (κ2) is 9.01. The highest BCUT2D eigenvalue weighted by atomic mass is 16.5. The number of amides is 1. The van der Waals surface area contributed by atoms with Crippen molar-refractivity contribution in [3.63, 3.8) is 0 Å². The van der Waals surface area contributed by atoms with E-state index in [1.54, 1.807) is 6.07 Å². The molecule has 1 amide bonds. The Labute approximate surface area is 149 Å². The lowest BCUT2D eigenvalue weighted by Crippen LogP contribution is -2.25. The molecule has 0 radical (unpaired) electrons. The molecular weight excluding hydrogens is 316 g/mol. The number of nitrogens with one attached hydrogen (secondary N) is 2. The second-order valence-electron chi connectivity index (χ2n) is 6.14. The van der Waals surface area contributed by atoms with Crippen LogP contribution in [0, 0.1) is 6.92 Å². The SMILES string of the molecule is CCCCNC(=O)c1cc(C)nc(Nc2ccc(OC(C)C)cc2)n1. The van der Waals surface area contributed by atoms with E-state index in [1.807, 2.05) is 45.0 Å². The summed E-state index contributed by atoms with van der Waals surface area (Å²) < 4.78 is 5.62. The van der Waals surface area contributed by atoms with Crippen molar-refractivity contribution in [2.45, 2.75) is 46.6 Å². The molecule has 0 saturated heterocycles. The second-order valence-corrected chi connectivity index (χ2v) is 6.14. The third-order valence-corrected chi connectivity index (χ3v) is 3.38. The minimum absolute atomic E-state index is 0.132. The van der Waals surface area contributed by atoms with E-state index >= 15 is 0 Å². The van der Waals surface area contributed by atoms with Crippen LogP contribution in [0.3, 0.4) is 0 Å². The number of hydrogen-bond donors (Lipinski definition) is 2. The molecule has 134 valence electrons. The molecule has 0 bridgehead atoms. The van der Waals surface area contributed by atoms with E-state index in [0.717, 1.165) is 30.0 Å². The Kier molecular flexibility index (Phi) is 6.74. The fourth-order valence-electron chi connectivity index (χ4n) is 2.23. The lowest BCUT2D eigenvalue weighted by Gasteiger charge is -2.11. The maximum atomic E-state index is 12.2. The van der Waals surface area contributed by atoms with Crippen LogP contribution in [0.4, 0.5) is 11.6 Å². The van der Waals surface area contributed by atoms with Gasteiger partial charge in [0.15, 0.2) is 0 Å². The summed E-state index contributed by atoms with van der Waals surface area (Å²) in [6, 6.07) is 9.24. The number of aromatic nitrogens is 2. The van der Waals surface area contributed by atoms with Crippen molar-refractivity contribution in [1.29, 1.82) is 0 Å². The molecule has 1 heterocycles. The zero-order chi connectivity index (χ0) is 18.2. The van der Waals surface area contributed by atoms with Crippen molar-refractivity contribution in [1.82, 2.24) is 15.3 Å². The van der Waals surface area contributed by atoms with Crippen LogP contribution in [0.15, 0.2) is 30.3 Å². The number of ether oxygens (including phenoxy) is 1. The van der Waals surface area contributed by atoms with Gasteiger partial charge >= 0.3 is 0 Å². The van der Waals surface area contributed by atoms with Crippen LogP contribution in [0.25, 0.3) is 0 Å². The highest BCUT2D eigenvalue weighted by Gasteiger charge is 2.10. The molecule has 6 nitrogen and oxygen atoms in total. The fourth-order valence-corrected chi connectivity index (χ4v) is 2.23. The van der Waals surface area contributed by atoms with Gasteiger partial charge in [0.05, 0.1) is 6.10 Å². The maximum absolute atomic E-state index is 12.2. The molecule has 2 aromatic rings. The van der Waals surface area contributed by atoms with Crippen molar-refractivity contribution >= 4 is 17.5 Å². The van der Waals surface area contributed by atoms with Crippen molar-refractivity contribution in [3.8, 4) is 5.75 Å². The Morgan fingerprint density at radius 1 is 1.20 bits per heavy atom. The number of benzene rings is 1. The molecule has 0 aliphatic rings. The average molecular weight is 342 g/mol. The number of carbonyl (C=O) groups is 1. The van der Waals surface area contributed by atoms with E-state index in [2.05, 4.69) is 27.5 Å². The van der Waals surface area contributed by atoms with Crippen LogP contribution in [0.5, 0.6) is 5.75 Å². The number of unbranched alkanes of at least 4 members (excludes halogenated alkanes) is 1. The van der Waals surface area contributed by atoms with Gasteiger partial charge in [0.25, 0.3) is 5.91 Å². The number of hydrogen-bond acceptors (Lipinski definition) is 5. The van der Waals surface area contributed by atoms with Gasteiger partial charge in [0.1, 0.15) is 11.4 Å². The van der Waals surface area contributed by atoms with Gasteiger partial charge in [0.2, 0.25) is 5.95 Å². The minimum atomic E-state index is -0.178. The quantitative estimate of drug-likeness (QED) is 0.713. The highest BCUT2D eigenvalue weighted by molar-refractivity contribution is 5.92. The summed E-state index contributed by atoms with van der Waals surface area (Å²) in [5.74, 6) is 1.03. The highest BCUT2D eigenvalue weighted by Crippen LogP contribution is 2.19. The largest absolute Gasteiger partial charge is 0.491 e. The zero-order valence-corrected chi connectivity index (χ0v) is 15.3. The molecule has 0 aliphatic carbocycles. The van der Waals surface area contributed by atoms with E-state index in [4.69, 9.17) is 4.74 Å². The number of aryl methyl sites for hydroxylation is 1. The minimum Gasteiger partial charge on any atom is -0.491 e. The number of anilines is 2. The lowest BCUT2D eigenvalue weighted by molar-refractivity contribution is 0.0948. The summed E-state index contributed by atoms with van der Waals surface area (Å²) in [6.45, 7) is 8.55.